The highest BCUT2D eigenvalue weighted by atomic mass is 32.2. The summed E-state index contributed by atoms with van der Waals surface area (Å²) in [7, 11) is 0. The molecule has 1 heterocycles. The lowest BCUT2D eigenvalue weighted by atomic mass is 9.97. The van der Waals surface area contributed by atoms with Crippen molar-refractivity contribution in [1.82, 2.24) is 4.90 Å². The van der Waals surface area contributed by atoms with E-state index in [1.165, 1.54) is 0 Å². The van der Waals surface area contributed by atoms with E-state index in [4.69, 9.17) is 19.3 Å². The molecule has 3 aromatic rings. The van der Waals surface area contributed by atoms with E-state index in [2.05, 4.69) is 28.9 Å². The molecule has 1 unspecified atom stereocenters. The van der Waals surface area contributed by atoms with Gasteiger partial charge in [-0.15, -0.1) is 0 Å². The number of nitrogens with zero attached hydrogens (tertiary/aromatic N) is 1. The van der Waals surface area contributed by atoms with Crippen LogP contribution < -0.4 is 9.47 Å². The van der Waals surface area contributed by atoms with Crippen LogP contribution in [0.25, 0.3) is 5.57 Å². The second kappa shape index (κ2) is 14.6. The SMILES string of the molecule is Cc1cc(OC/C=C(/c2ccc(C#CCN3CCOCC3)cc2)c2ccc([S+](C)[O-])cc2)ccc1OCC(=O)O. The molecule has 0 aliphatic carbocycles. The number of carbonyl (C=O) groups is 1. The first-order chi connectivity index (χ1) is 19.4. The normalized spacial score (nSPS) is 14.6. The Morgan fingerprint density at radius 3 is 2.35 bits per heavy atom. The predicted molar refractivity (Wildman–Crippen MR) is 156 cm³/mol. The number of carboxylic acid groups (broad SMARTS) is 1. The van der Waals surface area contributed by atoms with E-state index in [1.807, 2.05) is 55.5 Å². The van der Waals surface area contributed by atoms with Crippen molar-refractivity contribution in [2.24, 2.45) is 0 Å². The van der Waals surface area contributed by atoms with Crippen molar-refractivity contribution >= 4 is 22.7 Å². The molecule has 0 radical (unpaired) electrons. The van der Waals surface area contributed by atoms with Crippen molar-refractivity contribution in [3.05, 3.63) is 95.1 Å². The Balaban J connectivity index is 1.49. The van der Waals surface area contributed by atoms with Gasteiger partial charge in [-0.1, -0.05) is 24.0 Å². The van der Waals surface area contributed by atoms with Crippen molar-refractivity contribution in [1.29, 1.82) is 0 Å². The quantitative estimate of drug-likeness (QED) is 0.291. The molecule has 3 aromatic carbocycles. The van der Waals surface area contributed by atoms with Gasteiger partial charge in [0.05, 0.1) is 19.8 Å². The third kappa shape index (κ3) is 8.63. The van der Waals surface area contributed by atoms with Crippen LogP contribution in [0.5, 0.6) is 11.5 Å². The number of aryl methyl sites for hydroxylation is 1. The van der Waals surface area contributed by atoms with Gasteiger partial charge in [0, 0.05) is 18.7 Å². The van der Waals surface area contributed by atoms with Gasteiger partial charge in [-0.2, -0.15) is 0 Å². The monoisotopic (exact) mass is 559 g/mol. The molecule has 1 atom stereocenters. The largest absolute Gasteiger partial charge is 0.612 e. The standard InChI is InChI=1S/C32H33NO6S/c1-24-22-28(11-14-31(24)39-23-32(34)35)38-19-15-30(27-9-12-29(13-10-27)40(2)36)26-7-5-25(6-8-26)4-3-16-33-17-20-37-21-18-33/h5-15,22H,16-21,23H2,1-2H3,(H,34,35)/b30-15-. The van der Waals surface area contributed by atoms with Gasteiger partial charge in [0.25, 0.3) is 0 Å². The third-order valence-electron chi connectivity index (χ3n) is 6.37. The van der Waals surface area contributed by atoms with Crippen molar-refractivity contribution in [3.8, 4) is 23.3 Å². The van der Waals surface area contributed by atoms with Crippen molar-refractivity contribution in [2.75, 3.05) is 52.3 Å². The van der Waals surface area contributed by atoms with Gasteiger partial charge in [0.15, 0.2) is 11.5 Å². The summed E-state index contributed by atoms with van der Waals surface area (Å²) in [5.74, 6) is 6.65. The number of benzene rings is 3. The zero-order chi connectivity index (χ0) is 28.3. The molecule has 1 aliphatic rings. The summed E-state index contributed by atoms with van der Waals surface area (Å²) in [6.45, 7) is 5.84. The lowest BCUT2D eigenvalue weighted by Gasteiger charge is -2.24. The Morgan fingerprint density at radius 1 is 1.05 bits per heavy atom. The minimum absolute atomic E-state index is 0.312. The highest BCUT2D eigenvalue weighted by Crippen LogP contribution is 2.27. The zero-order valence-electron chi connectivity index (χ0n) is 22.7. The summed E-state index contributed by atoms with van der Waals surface area (Å²) in [4.78, 5) is 13.8. The van der Waals surface area contributed by atoms with Crippen molar-refractivity contribution < 1.29 is 28.7 Å². The first kappa shape index (κ1) is 29.2. The lowest BCUT2D eigenvalue weighted by Crippen LogP contribution is -2.36. The molecule has 0 amide bonds. The number of ether oxygens (including phenoxy) is 3. The first-order valence-corrected chi connectivity index (χ1v) is 14.6. The summed E-state index contributed by atoms with van der Waals surface area (Å²) in [6.07, 6.45) is 3.68. The summed E-state index contributed by atoms with van der Waals surface area (Å²) >= 11 is -1.06. The molecule has 1 saturated heterocycles. The highest BCUT2D eigenvalue weighted by Gasteiger charge is 2.10. The molecular formula is C32H33NO6S. The number of hydrogen-bond acceptors (Lipinski definition) is 6. The topological polar surface area (TPSA) is 91.3 Å². The van der Waals surface area contributed by atoms with Crippen LogP contribution in [0.3, 0.4) is 0 Å². The van der Waals surface area contributed by atoms with Crippen LogP contribution in [-0.4, -0.2) is 72.8 Å². The van der Waals surface area contributed by atoms with Crippen LogP contribution >= 0.6 is 0 Å². The van der Waals surface area contributed by atoms with Gasteiger partial charge in [-0.3, -0.25) is 4.90 Å². The van der Waals surface area contributed by atoms with Crippen LogP contribution in [-0.2, 0) is 20.7 Å². The predicted octanol–water partition coefficient (Wildman–Crippen LogP) is 4.39. The van der Waals surface area contributed by atoms with Gasteiger partial charge in [0.2, 0.25) is 0 Å². The molecular weight excluding hydrogens is 526 g/mol. The van der Waals surface area contributed by atoms with Crippen LogP contribution in [0.4, 0.5) is 0 Å². The molecule has 4 rings (SSSR count). The average Bonchev–Trinajstić information content (AvgIpc) is 2.96. The van der Waals surface area contributed by atoms with Gasteiger partial charge in [0.1, 0.15) is 24.4 Å². The lowest BCUT2D eigenvalue weighted by molar-refractivity contribution is -0.139. The maximum Gasteiger partial charge on any atom is 0.341 e. The van der Waals surface area contributed by atoms with E-state index >= 15 is 0 Å². The van der Waals surface area contributed by atoms with Crippen molar-refractivity contribution in [2.45, 2.75) is 11.8 Å². The fraction of sp³-hybridized carbons (Fsp3) is 0.281. The second-order valence-corrected chi connectivity index (χ2v) is 10.7. The van der Waals surface area contributed by atoms with Crippen LogP contribution in [0.15, 0.2) is 77.7 Å². The second-order valence-electron chi connectivity index (χ2n) is 9.28. The summed E-state index contributed by atoms with van der Waals surface area (Å²) < 4.78 is 28.6. The van der Waals surface area contributed by atoms with Crippen molar-refractivity contribution in [3.63, 3.8) is 0 Å². The van der Waals surface area contributed by atoms with Gasteiger partial charge in [-0.25, -0.2) is 4.79 Å². The molecule has 8 heteroatoms. The van der Waals surface area contributed by atoms with Crippen LogP contribution in [0.2, 0.25) is 0 Å². The highest BCUT2D eigenvalue weighted by molar-refractivity contribution is 7.90. The Kier molecular flexibility index (Phi) is 10.7. The van der Waals surface area contributed by atoms with Crippen LogP contribution in [0, 0.1) is 18.8 Å². The average molecular weight is 560 g/mol. The van der Waals surface area contributed by atoms with Crippen LogP contribution in [0.1, 0.15) is 22.3 Å². The summed E-state index contributed by atoms with van der Waals surface area (Å²) in [6, 6.07) is 21.1. The molecule has 1 aliphatic heterocycles. The van der Waals surface area contributed by atoms with Gasteiger partial charge in [-0.05, 0) is 101 Å². The maximum atomic E-state index is 11.9. The number of hydrogen-bond donors (Lipinski definition) is 1. The Bertz CT molecular complexity index is 1370. The van der Waals surface area contributed by atoms with E-state index in [1.54, 1.807) is 18.4 Å². The van der Waals surface area contributed by atoms with E-state index in [9.17, 15) is 9.35 Å². The molecule has 0 spiro atoms. The van der Waals surface area contributed by atoms with E-state index in [0.717, 1.165) is 65.6 Å². The number of rotatable bonds is 10. The molecule has 1 fully saturated rings. The fourth-order valence-electron chi connectivity index (χ4n) is 4.21. The zero-order valence-corrected chi connectivity index (χ0v) is 23.5. The number of morpholine rings is 1. The maximum absolute atomic E-state index is 11.9. The first-order valence-electron chi connectivity index (χ1n) is 13.0. The smallest absolute Gasteiger partial charge is 0.341 e. The minimum atomic E-state index is -1.06. The Hall–Kier alpha value is -3.74. The third-order valence-corrected chi connectivity index (χ3v) is 7.30. The van der Waals surface area contributed by atoms with E-state index in [0.29, 0.717) is 18.1 Å². The summed E-state index contributed by atoms with van der Waals surface area (Å²) in [5, 5.41) is 8.84. The molecule has 1 N–H and O–H groups in total. The summed E-state index contributed by atoms with van der Waals surface area (Å²) in [5.41, 5.74) is 4.72. The van der Waals surface area contributed by atoms with Gasteiger partial charge < -0.3 is 23.9 Å². The molecule has 0 bridgehead atoms. The Labute approximate surface area is 238 Å². The molecule has 40 heavy (non-hydrogen) atoms. The minimum Gasteiger partial charge on any atom is -0.612 e. The molecule has 7 nitrogen and oxygen atoms in total. The number of aliphatic carboxylic acids is 1. The van der Waals surface area contributed by atoms with E-state index in [-0.39, 0.29) is 0 Å². The molecule has 0 saturated carbocycles. The fourth-order valence-corrected chi connectivity index (χ4v) is 4.73. The number of carboxylic acids is 1. The molecule has 208 valence electrons. The molecule has 0 aromatic heterocycles. The Morgan fingerprint density at radius 2 is 1.73 bits per heavy atom. The van der Waals surface area contributed by atoms with Gasteiger partial charge >= 0.3 is 5.97 Å². The van der Waals surface area contributed by atoms with E-state index < -0.39 is 23.8 Å².